The molecule has 1 N–H and O–H groups in total. The molecule has 1 saturated heterocycles. The van der Waals surface area contributed by atoms with E-state index in [4.69, 9.17) is 4.74 Å². The first-order valence-corrected chi connectivity index (χ1v) is 7.65. The molecule has 0 aliphatic carbocycles. The van der Waals surface area contributed by atoms with Gasteiger partial charge in [-0.1, -0.05) is 18.2 Å². The first kappa shape index (κ1) is 14.5. The van der Waals surface area contributed by atoms with Gasteiger partial charge in [-0.3, -0.25) is 9.69 Å². The second-order valence-corrected chi connectivity index (χ2v) is 5.62. The molecule has 21 heavy (non-hydrogen) atoms. The maximum atomic E-state index is 12.2. The minimum atomic E-state index is -0.780. The number of benzene rings is 1. The van der Waals surface area contributed by atoms with E-state index in [0.29, 0.717) is 12.1 Å². The number of hydrogen-bond acceptors (Lipinski definition) is 4. The second-order valence-electron chi connectivity index (χ2n) is 5.62. The predicted molar refractivity (Wildman–Crippen MR) is 78.9 cm³/mol. The molecule has 0 saturated carbocycles. The van der Waals surface area contributed by atoms with Crippen molar-refractivity contribution in [1.29, 1.82) is 0 Å². The van der Waals surface area contributed by atoms with E-state index in [2.05, 4.69) is 4.90 Å². The van der Waals surface area contributed by atoms with E-state index in [1.807, 2.05) is 18.2 Å². The summed E-state index contributed by atoms with van der Waals surface area (Å²) < 4.78 is 5.32. The zero-order chi connectivity index (χ0) is 14.7. The summed E-state index contributed by atoms with van der Waals surface area (Å²) in [6.45, 7) is 5.28. The van der Waals surface area contributed by atoms with Gasteiger partial charge in [0, 0.05) is 30.8 Å². The van der Waals surface area contributed by atoms with Gasteiger partial charge in [-0.05, 0) is 25.5 Å². The minimum Gasteiger partial charge on any atom is -0.379 e. The van der Waals surface area contributed by atoms with Crippen molar-refractivity contribution in [1.82, 2.24) is 9.80 Å². The molecule has 1 fully saturated rings. The van der Waals surface area contributed by atoms with Crippen LogP contribution in [0.4, 0.5) is 0 Å². The zero-order valence-corrected chi connectivity index (χ0v) is 12.2. The number of rotatable bonds is 5. The fraction of sp³-hybridized carbons (Fsp3) is 0.562. The predicted octanol–water partition coefficient (Wildman–Crippen LogP) is 1.25. The monoisotopic (exact) mass is 290 g/mol. The van der Waals surface area contributed by atoms with Crippen molar-refractivity contribution in [2.75, 3.05) is 39.4 Å². The Morgan fingerprint density at radius 2 is 1.86 bits per heavy atom. The lowest BCUT2D eigenvalue weighted by Crippen LogP contribution is -2.37. The average molecular weight is 290 g/mol. The summed E-state index contributed by atoms with van der Waals surface area (Å²) in [6, 6.07) is 7.31. The molecule has 1 aromatic rings. The number of morpholine rings is 1. The van der Waals surface area contributed by atoms with E-state index in [0.717, 1.165) is 51.3 Å². The number of aliphatic hydroxyl groups is 1. The number of nitrogens with zero attached hydrogens (tertiary/aromatic N) is 2. The number of carbonyl (C=O) groups excluding carboxylic acids is 1. The van der Waals surface area contributed by atoms with Crippen LogP contribution in [-0.4, -0.2) is 60.2 Å². The van der Waals surface area contributed by atoms with E-state index in [1.165, 1.54) is 0 Å². The highest BCUT2D eigenvalue weighted by atomic mass is 16.5. The lowest BCUT2D eigenvalue weighted by Gasteiger charge is -2.27. The van der Waals surface area contributed by atoms with Gasteiger partial charge >= 0.3 is 0 Å². The fourth-order valence-corrected chi connectivity index (χ4v) is 3.02. The molecular formula is C16H22N2O3. The lowest BCUT2D eigenvalue weighted by molar-refractivity contribution is 0.0153. The summed E-state index contributed by atoms with van der Waals surface area (Å²) >= 11 is 0. The van der Waals surface area contributed by atoms with E-state index in [9.17, 15) is 9.90 Å². The molecule has 5 nitrogen and oxygen atoms in total. The Kier molecular flexibility index (Phi) is 4.53. The van der Waals surface area contributed by atoms with Crippen molar-refractivity contribution in [3.63, 3.8) is 0 Å². The molecule has 1 amide bonds. The van der Waals surface area contributed by atoms with Crippen LogP contribution in [0.15, 0.2) is 24.3 Å². The molecule has 3 rings (SSSR count). The normalized spacial score (nSPS) is 22.6. The summed E-state index contributed by atoms with van der Waals surface area (Å²) in [5.41, 5.74) is 1.37. The Labute approximate surface area is 125 Å². The third-order valence-electron chi connectivity index (χ3n) is 4.25. The molecule has 0 radical (unpaired) electrons. The van der Waals surface area contributed by atoms with Crippen LogP contribution in [0.1, 0.15) is 35.0 Å². The number of aliphatic hydroxyl groups excluding tert-OH is 1. The third kappa shape index (κ3) is 3.10. The van der Waals surface area contributed by atoms with Gasteiger partial charge in [-0.15, -0.1) is 0 Å². The molecule has 2 aliphatic rings. The van der Waals surface area contributed by atoms with Crippen molar-refractivity contribution >= 4 is 5.91 Å². The quantitative estimate of drug-likeness (QED) is 0.829. The number of ether oxygens (including phenoxy) is 1. The Hall–Kier alpha value is -1.43. The average Bonchev–Trinajstić information content (AvgIpc) is 2.77. The van der Waals surface area contributed by atoms with Gasteiger partial charge < -0.3 is 14.7 Å². The highest BCUT2D eigenvalue weighted by molar-refractivity contribution is 5.98. The second kappa shape index (κ2) is 6.56. The first-order valence-electron chi connectivity index (χ1n) is 7.65. The topological polar surface area (TPSA) is 53.0 Å². The number of unbranched alkanes of at least 4 members (excludes halogenated alkanes) is 1. The highest BCUT2D eigenvalue weighted by Gasteiger charge is 2.34. The number of carbonyl (C=O) groups is 1. The summed E-state index contributed by atoms with van der Waals surface area (Å²) in [6.07, 6.45) is 1.16. The van der Waals surface area contributed by atoms with Crippen molar-refractivity contribution in [2.24, 2.45) is 0 Å². The van der Waals surface area contributed by atoms with Crippen LogP contribution in [0.25, 0.3) is 0 Å². The van der Waals surface area contributed by atoms with E-state index in [1.54, 1.807) is 11.0 Å². The summed E-state index contributed by atoms with van der Waals surface area (Å²) in [7, 11) is 0. The number of fused-ring (bicyclic) bond motifs is 1. The molecule has 0 unspecified atom stereocenters. The van der Waals surface area contributed by atoms with Crippen LogP contribution in [0, 0.1) is 0 Å². The number of amides is 1. The fourth-order valence-electron chi connectivity index (χ4n) is 3.02. The van der Waals surface area contributed by atoms with Gasteiger partial charge in [0.15, 0.2) is 6.23 Å². The SMILES string of the molecule is O=C1c2ccccc2[C@H](O)N1CCCCN1CCOCC1. The van der Waals surface area contributed by atoms with Gasteiger partial charge in [0.1, 0.15) is 0 Å². The molecular weight excluding hydrogens is 268 g/mol. The van der Waals surface area contributed by atoms with Gasteiger partial charge in [-0.25, -0.2) is 0 Å². The van der Waals surface area contributed by atoms with Gasteiger partial charge in [0.05, 0.1) is 13.2 Å². The Morgan fingerprint density at radius 3 is 2.62 bits per heavy atom. The van der Waals surface area contributed by atoms with E-state index < -0.39 is 6.23 Å². The van der Waals surface area contributed by atoms with Crippen LogP contribution in [-0.2, 0) is 4.74 Å². The summed E-state index contributed by atoms with van der Waals surface area (Å²) in [5, 5.41) is 10.2. The first-order chi connectivity index (χ1) is 10.3. The molecule has 0 spiro atoms. The van der Waals surface area contributed by atoms with Gasteiger partial charge in [0.2, 0.25) is 0 Å². The van der Waals surface area contributed by atoms with Crippen LogP contribution in [0.2, 0.25) is 0 Å². The Balaban J connectivity index is 1.47. The molecule has 114 valence electrons. The Morgan fingerprint density at radius 1 is 1.14 bits per heavy atom. The smallest absolute Gasteiger partial charge is 0.256 e. The van der Waals surface area contributed by atoms with Gasteiger partial charge in [0.25, 0.3) is 5.91 Å². The number of hydrogen-bond donors (Lipinski definition) is 1. The van der Waals surface area contributed by atoms with Crippen molar-refractivity contribution in [2.45, 2.75) is 19.1 Å². The minimum absolute atomic E-state index is 0.0514. The Bertz CT molecular complexity index is 500. The van der Waals surface area contributed by atoms with Crippen LogP contribution >= 0.6 is 0 Å². The largest absolute Gasteiger partial charge is 0.379 e. The lowest BCUT2D eigenvalue weighted by atomic mass is 10.1. The summed E-state index contributed by atoms with van der Waals surface area (Å²) in [5.74, 6) is -0.0514. The van der Waals surface area contributed by atoms with Gasteiger partial charge in [-0.2, -0.15) is 0 Å². The zero-order valence-electron chi connectivity index (χ0n) is 12.2. The molecule has 0 bridgehead atoms. The molecule has 5 heteroatoms. The van der Waals surface area contributed by atoms with Crippen molar-refractivity contribution < 1.29 is 14.6 Å². The maximum absolute atomic E-state index is 12.2. The molecule has 1 atom stereocenters. The molecule has 2 aliphatic heterocycles. The van der Waals surface area contributed by atoms with E-state index >= 15 is 0 Å². The standard InChI is InChI=1S/C16H22N2O3/c19-15-13-5-1-2-6-14(13)16(20)18(15)8-4-3-7-17-9-11-21-12-10-17/h1-2,5-6,15,19H,3-4,7-12H2/t15-/m0/s1. The molecule has 2 heterocycles. The van der Waals surface area contributed by atoms with Crippen LogP contribution in [0.5, 0.6) is 0 Å². The highest BCUT2D eigenvalue weighted by Crippen LogP contribution is 2.31. The third-order valence-corrected chi connectivity index (χ3v) is 4.25. The van der Waals surface area contributed by atoms with Crippen molar-refractivity contribution in [3.8, 4) is 0 Å². The summed E-state index contributed by atoms with van der Waals surface area (Å²) in [4.78, 5) is 16.2. The van der Waals surface area contributed by atoms with Crippen molar-refractivity contribution in [3.05, 3.63) is 35.4 Å². The molecule has 0 aromatic heterocycles. The van der Waals surface area contributed by atoms with E-state index in [-0.39, 0.29) is 5.91 Å². The van der Waals surface area contributed by atoms with Crippen LogP contribution < -0.4 is 0 Å². The van der Waals surface area contributed by atoms with Crippen LogP contribution in [0.3, 0.4) is 0 Å². The molecule has 1 aromatic carbocycles. The maximum Gasteiger partial charge on any atom is 0.256 e.